The lowest BCUT2D eigenvalue weighted by Crippen LogP contribution is -2.25. The van der Waals surface area contributed by atoms with Crippen LogP contribution in [0.2, 0.25) is 0 Å². The third-order valence-corrected chi connectivity index (χ3v) is 3.96. The summed E-state index contributed by atoms with van der Waals surface area (Å²) >= 11 is 1.68. The van der Waals surface area contributed by atoms with Crippen LogP contribution in [0.4, 0.5) is 0 Å². The van der Waals surface area contributed by atoms with Crippen molar-refractivity contribution >= 4 is 22.9 Å². The molecule has 0 amide bonds. The van der Waals surface area contributed by atoms with E-state index in [2.05, 4.69) is 19.9 Å². The number of hydrogen-bond donors (Lipinski definition) is 2. The summed E-state index contributed by atoms with van der Waals surface area (Å²) in [5.41, 5.74) is 7.69. The summed E-state index contributed by atoms with van der Waals surface area (Å²) < 4.78 is 0. The molecule has 1 atom stereocenters. The topological polar surface area (TPSA) is 80.5 Å². The summed E-state index contributed by atoms with van der Waals surface area (Å²) in [6.07, 6.45) is 5.76. The normalized spacial score (nSPS) is 17.8. The SMILES string of the molecule is NC(CSc1ncnc2nc[nH]c12)C1CC1. The fourth-order valence-corrected chi connectivity index (χ4v) is 2.73. The van der Waals surface area contributed by atoms with Crippen molar-refractivity contribution < 1.29 is 0 Å². The van der Waals surface area contributed by atoms with Gasteiger partial charge in [0, 0.05) is 11.8 Å². The molecule has 1 saturated carbocycles. The summed E-state index contributed by atoms with van der Waals surface area (Å²) in [5, 5.41) is 0.943. The molecule has 0 saturated heterocycles. The van der Waals surface area contributed by atoms with Crippen molar-refractivity contribution in [1.82, 2.24) is 19.9 Å². The van der Waals surface area contributed by atoms with Crippen LogP contribution < -0.4 is 5.73 Å². The van der Waals surface area contributed by atoms with Gasteiger partial charge in [-0.25, -0.2) is 15.0 Å². The number of rotatable bonds is 4. The number of fused-ring (bicyclic) bond motifs is 1. The van der Waals surface area contributed by atoms with Gasteiger partial charge in [0.15, 0.2) is 5.65 Å². The van der Waals surface area contributed by atoms with E-state index in [9.17, 15) is 0 Å². The number of thioether (sulfide) groups is 1. The van der Waals surface area contributed by atoms with Crippen LogP contribution in [0, 0.1) is 5.92 Å². The smallest absolute Gasteiger partial charge is 0.181 e. The van der Waals surface area contributed by atoms with Gasteiger partial charge in [-0.1, -0.05) is 0 Å². The number of imidazole rings is 1. The fraction of sp³-hybridized carbons (Fsp3) is 0.500. The molecule has 3 rings (SSSR count). The minimum absolute atomic E-state index is 0.290. The molecule has 3 N–H and O–H groups in total. The number of nitrogens with zero attached hydrogens (tertiary/aromatic N) is 3. The van der Waals surface area contributed by atoms with Crippen molar-refractivity contribution in [3.63, 3.8) is 0 Å². The van der Waals surface area contributed by atoms with E-state index in [4.69, 9.17) is 5.73 Å². The highest BCUT2D eigenvalue weighted by Crippen LogP contribution is 2.34. The lowest BCUT2D eigenvalue weighted by atomic mass is 10.2. The van der Waals surface area contributed by atoms with E-state index in [1.165, 1.54) is 12.8 Å². The van der Waals surface area contributed by atoms with E-state index >= 15 is 0 Å². The minimum atomic E-state index is 0.290. The Morgan fingerprint density at radius 3 is 3.12 bits per heavy atom. The van der Waals surface area contributed by atoms with E-state index in [1.807, 2.05) is 0 Å². The Bertz CT molecular complexity index is 493. The van der Waals surface area contributed by atoms with Gasteiger partial charge in [-0.15, -0.1) is 11.8 Å². The Kier molecular flexibility index (Phi) is 2.53. The van der Waals surface area contributed by atoms with Gasteiger partial charge in [-0.05, 0) is 18.8 Å². The molecule has 0 spiro atoms. The fourth-order valence-electron chi connectivity index (χ4n) is 1.69. The summed E-state index contributed by atoms with van der Waals surface area (Å²) in [7, 11) is 0. The van der Waals surface area contributed by atoms with E-state index in [-0.39, 0.29) is 6.04 Å². The van der Waals surface area contributed by atoms with Gasteiger partial charge in [-0.3, -0.25) is 0 Å². The first-order valence-corrected chi connectivity index (χ1v) is 6.35. The maximum absolute atomic E-state index is 6.06. The van der Waals surface area contributed by atoms with Crippen molar-refractivity contribution in [3.05, 3.63) is 12.7 Å². The second-order valence-corrected chi connectivity index (χ2v) is 5.10. The molecule has 2 aromatic rings. The molecule has 1 fully saturated rings. The van der Waals surface area contributed by atoms with E-state index in [0.29, 0.717) is 0 Å². The van der Waals surface area contributed by atoms with Gasteiger partial charge in [0.25, 0.3) is 0 Å². The molecule has 1 aliphatic carbocycles. The molecule has 5 nitrogen and oxygen atoms in total. The van der Waals surface area contributed by atoms with Crippen molar-refractivity contribution in [2.75, 3.05) is 5.75 Å². The third kappa shape index (κ3) is 1.90. The first-order valence-electron chi connectivity index (χ1n) is 5.37. The Balaban J connectivity index is 1.75. The van der Waals surface area contributed by atoms with Crippen molar-refractivity contribution in [3.8, 4) is 0 Å². The van der Waals surface area contributed by atoms with Gasteiger partial charge >= 0.3 is 0 Å². The van der Waals surface area contributed by atoms with E-state index < -0.39 is 0 Å². The van der Waals surface area contributed by atoms with E-state index in [0.717, 1.165) is 27.9 Å². The first-order chi connectivity index (χ1) is 7.84. The zero-order chi connectivity index (χ0) is 11.0. The molecule has 84 valence electrons. The predicted molar refractivity (Wildman–Crippen MR) is 63.1 cm³/mol. The third-order valence-electron chi connectivity index (χ3n) is 2.83. The standard InChI is InChI=1S/C10H13N5S/c11-7(6-1-2-6)3-16-10-8-9(13-4-12-8)14-5-15-10/h4-7H,1-3,11H2,(H,12,13,14,15). The number of aromatic amines is 1. The summed E-state index contributed by atoms with van der Waals surface area (Å²) in [4.78, 5) is 15.5. The highest BCUT2D eigenvalue weighted by Gasteiger charge is 2.28. The molecule has 6 heteroatoms. The zero-order valence-corrected chi connectivity index (χ0v) is 9.57. The molecule has 0 aliphatic heterocycles. The van der Waals surface area contributed by atoms with Crippen LogP contribution in [0.1, 0.15) is 12.8 Å². The Morgan fingerprint density at radius 1 is 1.44 bits per heavy atom. The van der Waals surface area contributed by atoms with Gasteiger partial charge in [0.2, 0.25) is 0 Å². The molecule has 1 aliphatic rings. The average Bonchev–Trinajstić information content (AvgIpc) is 3.04. The van der Waals surface area contributed by atoms with Gasteiger partial charge in [0.1, 0.15) is 16.9 Å². The second kappa shape index (κ2) is 4.03. The number of aromatic nitrogens is 4. The molecule has 2 aromatic heterocycles. The molecule has 1 unspecified atom stereocenters. The van der Waals surface area contributed by atoms with Crippen molar-refractivity contribution in [1.29, 1.82) is 0 Å². The maximum Gasteiger partial charge on any atom is 0.181 e. The summed E-state index contributed by atoms with van der Waals surface area (Å²) in [6.45, 7) is 0. The number of nitrogens with two attached hydrogens (primary N) is 1. The molecule has 0 bridgehead atoms. The monoisotopic (exact) mass is 235 g/mol. The van der Waals surface area contributed by atoms with Crippen LogP contribution in [0.25, 0.3) is 11.2 Å². The lowest BCUT2D eigenvalue weighted by molar-refractivity contribution is 0.659. The molecule has 2 heterocycles. The largest absolute Gasteiger partial charge is 0.341 e. The number of hydrogen-bond acceptors (Lipinski definition) is 5. The first kappa shape index (κ1) is 10.0. The summed E-state index contributed by atoms with van der Waals surface area (Å²) in [5.74, 6) is 1.64. The second-order valence-electron chi connectivity index (χ2n) is 4.09. The van der Waals surface area contributed by atoms with Crippen LogP contribution >= 0.6 is 11.8 Å². The van der Waals surface area contributed by atoms with Crippen molar-refractivity contribution in [2.45, 2.75) is 23.9 Å². The molecule has 0 radical (unpaired) electrons. The highest BCUT2D eigenvalue weighted by molar-refractivity contribution is 7.99. The average molecular weight is 235 g/mol. The van der Waals surface area contributed by atoms with Gasteiger partial charge in [0.05, 0.1) is 6.33 Å². The van der Waals surface area contributed by atoms with Crippen LogP contribution in [-0.4, -0.2) is 31.7 Å². The molecule has 16 heavy (non-hydrogen) atoms. The maximum atomic E-state index is 6.06. The van der Waals surface area contributed by atoms with Crippen molar-refractivity contribution in [2.24, 2.45) is 11.7 Å². The van der Waals surface area contributed by atoms with E-state index in [1.54, 1.807) is 24.4 Å². The molecular weight excluding hydrogens is 222 g/mol. The Morgan fingerprint density at radius 2 is 2.31 bits per heavy atom. The number of H-pyrrole nitrogens is 1. The quantitative estimate of drug-likeness (QED) is 0.614. The van der Waals surface area contributed by atoms with Crippen LogP contribution in [-0.2, 0) is 0 Å². The van der Waals surface area contributed by atoms with Crippen LogP contribution in [0.5, 0.6) is 0 Å². The Hall–Kier alpha value is -1.14. The summed E-state index contributed by atoms with van der Waals surface area (Å²) in [6, 6.07) is 0.290. The Labute approximate surface area is 97.3 Å². The lowest BCUT2D eigenvalue weighted by Gasteiger charge is -2.08. The van der Waals surface area contributed by atoms with Gasteiger partial charge in [-0.2, -0.15) is 0 Å². The van der Waals surface area contributed by atoms with Crippen LogP contribution in [0.3, 0.4) is 0 Å². The number of nitrogens with one attached hydrogen (secondary N) is 1. The van der Waals surface area contributed by atoms with Gasteiger partial charge < -0.3 is 10.7 Å². The predicted octanol–water partition coefficient (Wildman–Crippen LogP) is 1.18. The minimum Gasteiger partial charge on any atom is -0.341 e. The zero-order valence-electron chi connectivity index (χ0n) is 8.76. The highest BCUT2D eigenvalue weighted by atomic mass is 32.2. The molecule has 0 aromatic carbocycles. The van der Waals surface area contributed by atoms with Crippen LogP contribution in [0.15, 0.2) is 17.7 Å². The molecular formula is C10H13N5S.